The topological polar surface area (TPSA) is 84.0 Å². The van der Waals surface area contributed by atoms with E-state index in [9.17, 15) is 9.59 Å². The summed E-state index contributed by atoms with van der Waals surface area (Å²) in [7, 11) is 0. The fourth-order valence-corrected chi connectivity index (χ4v) is 2.46. The van der Waals surface area contributed by atoms with Crippen LogP contribution >= 0.6 is 11.6 Å². The summed E-state index contributed by atoms with van der Waals surface area (Å²) >= 11 is 5.84. The minimum Gasteiger partial charge on any atom is -0.347 e. The van der Waals surface area contributed by atoms with Gasteiger partial charge in [0.25, 0.3) is 5.91 Å². The fraction of sp³-hybridized carbons (Fsp3) is 0.100. The highest BCUT2D eigenvalue weighted by Crippen LogP contribution is 2.15. The van der Waals surface area contributed by atoms with Crippen LogP contribution in [0.25, 0.3) is 0 Å². The van der Waals surface area contributed by atoms with Gasteiger partial charge in [0, 0.05) is 22.8 Å². The van der Waals surface area contributed by atoms with E-state index < -0.39 is 0 Å². The lowest BCUT2D eigenvalue weighted by Crippen LogP contribution is -2.24. The summed E-state index contributed by atoms with van der Waals surface area (Å²) in [5.74, 6) is 0.199. The van der Waals surface area contributed by atoms with Crippen LogP contribution in [-0.2, 0) is 6.54 Å². The first-order chi connectivity index (χ1) is 13.0. The van der Waals surface area contributed by atoms with E-state index in [0.717, 1.165) is 11.3 Å². The maximum Gasteiger partial charge on any atom is 0.272 e. The predicted molar refractivity (Wildman–Crippen MR) is 104 cm³/mol. The van der Waals surface area contributed by atoms with Crippen molar-refractivity contribution in [1.82, 2.24) is 15.5 Å². The molecule has 1 amide bonds. The van der Waals surface area contributed by atoms with E-state index in [0.29, 0.717) is 22.9 Å². The fourth-order valence-electron chi connectivity index (χ4n) is 2.33. The van der Waals surface area contributed by atoms with Gasteiger partial charge in [-0.2, -0.15) is 0 Å². The highest BCUT2D eigenvalue weighted by atomic mass is 35.5. The lowest BCUT2D eigenvalue weighted by molar-refractivity contribution is 0.0944. The molecule has 0 unspecified atom stereocenters. The number of hydrogen-bond acceptors (Lipinski definition) is 5. The number of halogens is 1. The van der Waals surface area contributed by atoms with Gasteiger partial charge in [-0.3, -0.25) is 9.59 Å². The number of anilines is 2. The van der Waals surface area contributed by atoms with E-state index in [1.165, 1.54) is 6.92 Å². The van der Waals surface area contributed by atoms with Crippen molar-refractivity contribution in [3.8, 4) is 0 Å². The third-order valence-electron chi connectivity index (χ3n) is 3.83. The molecule has 0 aliphatic rings. The minimum atomic E-state index is -0.310. The molecule has 27 heavy (non-hydrogen) atoms. The molecule has 0 fully saturated rings. The summed E-state index contributed by atoms with van der Waals surface area (Å²) in [4.78, 5) is 23.5. The smallest absolute Gasteiger partial charge is 0.272 e. The maximum absolute atomic E-state index is 12.2. The summed E-state index contributed by atoms with van der Waals surface area (Å²) in [5.41, 5.74) is 2.57. The van der Waals surface area contributed by atoms with E-state index in [-0.39, 0.29) is 17.4 Å². The summed E-state index contributed by atoms with van der Waals surface area (Å²) in [5, 5.41) is 14.5. The Labute approximate surface area is 161 Å². The Balaban J connectivity index is 1.58. The first kappa shape index (κ1) is 18.5. The minimum absolute atomic E-state index is 0.00954. The summed E-state index contributed by atoms with van der Waals surface area (Å²) in [6, 6.07) is 17.5. The number of amides is 1. The van der Waals surface area contributed by atoms with Crippen molar-refractivity contribution in [2.45, 2.75) is 13.5 Å². The van der Waals surface area contributed by atoms with Crippen LogP contribution in [-0.4, -0.2) is 21.9 Å². The van der Waals surface area contributed by atoms with Crippen LogP contribution in [0.1, 0.15) is 33.3 Å². The Morgan fingerprint density at radius 1 is 0.926 bits per heavy atom. The second-order valence-corrected chi connectivity index (χ2v) is 6.31. The van der Waals surface area contributed by atoms with Crippen LogP contribution in [0.4, 0.5) is 11.5 Å². The molecule has 3 aromatic rings. The van der Waals surface area contributed by atoms with Gasteiger partial charge in [0.15, 0.2) is 17.3 Å². The Morgan fingerprint density at radius 2 is 1.63 bits per heavy atom. The third kappa shape index (κ3) is 5.12. The first-order valence-corrected chi connectivity index (χ1v) is 8.63. The Kier molecular flexibility index (Phi) is 5.78. The van der Waals surface area contributed by atoms with Crippen LogP contribution in [0.3, 0.4) is 0 Å². The zero-order valence-electron chi connectivity index (χ0n) is 14.6. The number of nitrogens with one attached hydrogen (secondary N) is 2. The average molecular weight is 381 g/mol. The van der Waals surface area contributed by atoms with Crippen LogP contribution in [0, 0.1) is 0 Å². The van der Waals surface area contributed by atoms with Gasteiger partial charge in [-0.15, -0.1) is 10.2 Å². The Hall–Kier alpha value is -3.25. The van der Waals surface area contributed by atoms with Crippen LogP contribution in [0.2, 0.25) is 5.02 Å². The lowest BCUT2D eigenvalue weighted by Gasteiger charge is -2.07. The van der Waals surface area contributed by atoms with E-state index in [1.54, 1.807) is 48.5 Å². The van der Waals surface area contributed by atoms with Crippen LogP contribution < -0.4 is 10.6 Å². The van der Waals surface area contributed by atoms with Crippen molar-refractivity contribution >= 4 is 34.8 Å². The molecule has 2 aromatic carbocycles. The van der Waals surface area contributed by atoms with E-state index in [4.69, 9.17) is 11.6 Å². The van der Waals surface area contributed by atoms with Gasteiger partial charge in [0.1, 0.15) is 0 Å². The second-order valence-electron chi connectivity index (χ2n) is 5.87. The zero-order valence-corrected chi connectivity index (χ0v) is 15.3. The summed E-state index contributed by atoms with van der Waals surface area (Å²) in [6.45, 7) is 1.89. The maximum atomic E-state index is 12.2. The molecule has 0 aliphatic carbocycles. The molecule has 136 valence electrons. The molecule has 7 heteroatoms. The number of aromatic nitrogens is 2. The molecule has 0 atom stereocenters. The molecule has 0 bridgehead atoms. The number of Topliss-reactive ketones (excluding diaryl/α,β-unsaturated/α-hetero) is 1. The first-order valence-electron chi connectivity index (χ1n) is 8.25. The quantitative estimate of drug-likeness (QED) is 0.631. The lowest BCUT2D eigenvalue weighted by atomic mass is 10.1. The number of rotatable bonds is 6. The van der Waals surface area contributed by atoms with E-state index in [2.05, 4.69) is 20.8 Å². The van der Waals surface area contributed by atoms with E-state index in [1.807, 2.05) is 12.1 Å². The van der Waals surface area contributed by atoms with Crippen LogP contribution in [0.15, 0.2) is 60.7 Å². The van der Waals surface area contributed by atoms with Gasteiger partial charge >= 0.3 is 0 Å². The molecular weight excluding hydrogens is 364 g/mol. The highest BCUT2D eigenvalue weighted by Gasteiger charge is 2.08. The summed E-state index contributed by atoms with van der Waals surface area (Å²) < 4.78 is 0. The monoisotopic (exact) mass is 380 g/mol. The molecule has 1 aromatic heterocycles. The van der Waals surface area contributed by atoms with Gasteiger partial charge in [0.2, 0.25) is 0 Å². The van der Waals surface area contributed by atoms with Gasteiger partial charge in [-0.1, -0.05) is 23.7 Å². The van der Waals surface area contributed by atoms with Gasteiger partial charge in [0.05, 0.1) is 0 Å². The normalized spacial score (nSPS) is 10.3. The van der Waals surface area contributed by atoms with Gasteiger partial charge in [-0.25, -0.2) is 0 Å². The molecule has 0 radical (unpaired) electrons. The molecule has 0 spiro atoms. The van der Waals surface area contributed by atoms with Crippen molar-refractivity contribution in [2.24, 2.45) is 0 Å². The number of nitrogens with zero attached hydrogens (tertiary/aromatic N) is 2. The number of carbonyl (C=O) groups excluding carboxylic acids is 2. The van der Waals surface area contributed by atoms with Crippen molar-refractivity contribution in [1.29, 1.82) is 0 Å². The van der Waals surface area contributed by atoms with Crippen molar-refractivity contribution < 1.29 is 9.59 Å². The molecule has 0 saturated heterocycles. The molecule has 0 saturated carbocycles. The van der Waals surface area contributed by atoms with E-state index >= 15 is 0 Å². The molecule has 1 heterocycles. The molecule has 6 nitrogen and oxygen atoms in total. The highest BCUT2D eigenvalue weighted by molar-refractivity contribution is 6.30. The van der Waals surface area contributed by atoms with Crippen LogP contribution in [0.5, 0.6) is 0 Å². The molecule has 0 aliphatic heterocycles. The summed E-state index contributed by atoms with van der Waals surface area (Å²) in [6.07, 6.45) is 0. The number of hydrogen-bond donors (Lipinski definition) is 2. The zero-order chi connectivity index (χ0) is 19.2. The molecule has 2 N–H and O–H groups in total. The molecular formula is C20H17ClN4O2. The van der Waals surface area contributed by atoms with Gasteiger partial charge < -0.3 is 10.6 Å². The Bertz CT molecular complexity index is 939. The predicted octanol–water partition coefficient (Wildman–Crippen LogP) is 4.01. The second kappa shape index (κ2) is 8.42. The van der Waals surface area contributed by atoms with Crippen molar-refractivity contribution in [3.05, 3.63) is 82.5 Å². The average Bonchev–Trinajstić information content (AvgIpc) is 2.68. The van der Waals surface area contributed by atoms with Gasteiger partial charge in [-0.05, 0) is 61.0 Å². The van der Waals surface area contributed by atoms with Crippen molar-refractivity contribution in [2.75, 3.05) is 5.32 Å². The third-order valence-corrected chi connectivity index (χ3v) is 4.08. The number of carbonyl (C=O) groups is 2. The molecule has 3 rings (SSSR count). The largest absolute Gasteiger partial charge is 0.347 e. The van der Waals surface area contributed by atoms with Crippen molar-refractivity contribution in [3.63, 3.8) is 0 Å². The Morgan fingerprint density at radius 3 is 2.22 bits per heavy atom. The SMILES string of the molecule is CC(=O)c1ccc(Nc2ccc(C(=O)NCc3ccc(Cl)cc3)nn2)cc1. The number of ketones is 1. The number of benzene rings is 2. The standard InChI is InChI=1S/C20H17ClN4O2/c1-13(26)15-4-8-17(9-5-15)23-19-11-10-18(24-25-19)20(27)22-12-14-2-6-16(21)7-3-14/h2-11H,12H2,1H3,(H,22,27)(H,23,25).